The van der Waals surface area contributed by atoms with Crippen LogP contribution in [0.15, 0.2) is 0 Å². The molecule has 0 aliphatic rings. The van der Waals surface area contributed by atoms with Gasteiger partial charge in [0.25, 0.3) is 0 Å². The number of carboxylic acids is 4. The molecule has 0 radical (unpaired) electrons. The molecule has 21 heavy (non-hydrogen) atoms. The first-order valence-electron chi connectivity index (χ1n) is 5.37. The van der Waals surface area contributed by atoms with E-state index in [2.05, 4.69) is 0 Å². The van der Waals surface area contributed by atoms with Gasteiger partial charge in [-0.1, -0.05) is 0 Å². The Balaban J connectivity index is 0. The van der Waals surface area contributed by atoms with Crippen LogP contribution in [0, 0.1) is 0 Å². The van der Waals surface area contributed by atoms with Crippen molar-refractivity contribution in [2.75, 3.05) is 0 Å². The molecular weight excluding hydrogens is 332 g/mol. The molecule has 0 aromatic carbocycles. The maximum absolute atomic E-state index is 10.8. The van der Waals surface area contributed by atoms with Crippen molar-refractivity contribution in [3.8, 4) is 0 Å². The molecule has 0 aliphatic carbocycles. The van der Waals surface area contributed by atoms with Gasteiger partial charge in [-0.3, -0.25) is 19.2 Å². The van der Waals surface area contributed by atoms with Crippen molar-refractivity contribution in [1.82, 2.24) is 0 Å². The van der Waals surface area contributed by atoms with Crippen molar-refractivity contribution < 1.29 is 56.7 Å². The van der Waals surface area contributed by atoms with E-state index in [4.69, 9.17) is 31.9 Å². The van der Waals surface area contributed by atoms with Crippen molar-refractivity contribution in [3.05, 3.63) is 0 Å². The Morgan fingerprint density at radius 3 is 0.857 bits per heavy atom. The Morgan fingerprint density at radius 2 is 0.762 bits per heavy atom. The Labute approximate surface area is 129 Å². The van der Waals surface area contributed by atoms with Gasteiger partial charge in [-0.2, -0.15) is 0 Å². The molecule has 0 amide bonds. The Hall–Kier alpha value is -1.68. The first-order chi connectivity index (χ1) is 8.92. The Morgan fingerprint density at radius 1 is 0.619 bits per heavy atom. The minimum absolute atomic E-state index is 0. The van der Waals surface area contributed by atoms with E-state index in [0.29, 0.717) is 0 Å². The van der Waals surface area contributed by atoms with Crippen LogP contribution in [0.4, 0.5) is 0 Å². The summed E-state index contributed by atoms with van der Waals surface area (Å²) in [5, 5.41) is 35.1. The molecule has 120 valence electrons. The molecule has 11 heteroatoms. The van der Waals surface area contributed by atoms with E-state index < -0.39 is 60.6 Å². The average molecular weight is 348 g/mol. The van der Waals surface area contributed by atoms with Gasteiger partial charge < -0.3 is 31.9 Å². The van der Waals surface area contributed by atoms with E-state index in [1.165, 1.54) is 0 Å². The second-order valence-corrected chi connectivity index (χ2v) is 4.59. The zero-order valence-corrected chi connectivity index (χ0v) is 11.9. The van der Waals surface area contributed by atoms with Crippen LogP contribution >= 0.6 is 0 Å². The van der Waals surface area contributed by atoms with Gasteiger partial charge in [0.05, 0.1) is 36.8 Å². The molecule has 0 rings (SSSR count). The molecule has 10 nitrogen and oxygen atoms in total. The number of nitrogens with two attached hydrogens (primary N) is 2. The molecule has 0 heterocycles. The fraction of sp³-hybridized carbons (Fsp3) is 0.600. The second kappa shape index (κ2) is 7.93. The maximum atomic E-state index is 10.8. The zero-order valence-electron chi connectivity index (χ0n) is 10.8. The van der Waals surface area contributed by atoms with Gasteiger partial charge in [0.2, 0.25) is 0 Å². The molecule has 0 aromatic rings. The summed E-state index contributed by atoms with van der Waals surface area (Å²) in [5.74, 6) is -6.06. The van der Waals surface area contributed by atoms with Crippen LogP contribution < -0.4 is 11.5 Å². The Bertz CT molecular complexity index is 367. The molecule has 0 unspecified atom stereocenters. The summed E-state index contributed by atoms with van der Waals surface area (Å²) in [6, 6.07) is 0. The molecule has 0 bridgehead atoms. The number of hydrogen-bond donors (Lipinski definition) is 6. The zero-order chi connectivity index (χ0) is 16.1. The largest absolute Gasteiger partial charge is 2.00 e. The van der Waals surface area contributed by atoms with Crippen LogP contribution in [0.1, 0.15) is 25.7 Å². The monoisotopic (exact) mass is 348 g/mol. The van der Waals surface area contributed by atoms with E-state index >= 15 is 0 Å². The van der Waals surface area contributed by atoms with Crippen molar-refractivity contribution in [2.24, 2.45) is 11.5 Å². The van der Waals surface area contributed by atoms with Crippen molar-refractivity contribution in [3.63, 3.8) is 0 Å². The van der Waals surface area contributed by atoms with Crippen molar-refractivity contribution in [2.45, 2.75) is 36.8 Å². The smallest absolute Gasteiger partial charge is 0.481 e. The predicted octanol–water partition coefficient (Wildman–Crippen LogP) is -1.72. The molecule has 0 fully saturated rings. The summed E-state index contributed by atoms with van der Waals surface area (Å²) < 4.78 is 0. The van der Waals surface area contributed by atoms with E-state index in [1.807, 2.05) is 0 Å². The second-order valence-electron chi connectivity index (χ2n) is 4.59. The van der Waals surface area contributed by atoms with Gasteiger partial charge >= 0.3 is 40.9 Å². The number of carboxylic acid groups (broad SMARTS) is 4. The molecule has 0 atom stereocenters. The topological polar surface area (TPSA) is 201 Å². The molecular formula is C10H16FeN2O8+2. The van der Waals surface area contributed by atoms with Crippen molar-refractivity contribution in [1.29, 1.82) is 0 Å². The van der Waals surface area contributed by atoms with Gasteiger partial charge in [0.1, 0.15) is 0 Å². The molecule has 0 spiro atoms. The number of hydrogen-bond acceptors (Lipinski definition) is 6. The number of rotatable bonds is 9. The quantitative estimate of drug-likeness (QED) is 0.260. The summed E-state index contributed by atoms with van der Waals surface area (Å²) in [5.41, 5.74) is 6.88. The fourth-order valence-corrected chi connectivity index (χ4v) is 1.91. The van der Waals surface area contributed by atoms with E-state index in [-0.39, 0.29) is 17.1 Å². The minimum Gasteiger partial charge on any atom is -0.481 e. The third-order valence-electron chi connectivity index (χ3n) is 2.86. The number of aliphatic carboxylic acids is 4. The van der Waals surface area contributed by atoms with Gasteiger partial charge in [-0.05, 0) is 0 Å². The third-order valence-corrected chi connectivity index (χ3v) is 2.86. The molecule has 0 aliphatic heterocycles. The summed E-state index contributed by atoms with van der Waals surface area (Å²) in [4.78, 5) is 43.2. The first-order valence-corrected chi connectivity index (χ1v) is 5.37. The molecule has 0 saturated carbocycles. The fourth-order valence-electron chi connectivity index (χ4n) is 1.91. The van der Waals surface area contributed by atoms with Crippen molar-refractivity contribution >= 4 is 23.9 Å². The van der Waals surface area contributed by atoms with Gasteiger partial charge in [0.15, 0.2) is 0 Å². The molecule has 8 N–H and O–H groups in total. The predicted molar refractivity (Wildman–Crippen MR) is 62.8 cm³/mol. The van der Waals surface area contributed by atoms with Gasteiger partial charge in [0, 0.05) is 0 Å². The Kier molecular flexibility index (Phi) is 8.17. The van der Waals surface area contributed by atoms with Crippen LogP contribution in [-0.4, -0.2) is 55.4 Å². The molecule has 0 aromatic heterocycles. The van der Waals surface area contributed by atoms with E-state index in [0.717, 1.165) is 0 Å². The third kappa shape index (κ3) is 6.54. The van der Waals surface area contributed by atoms with Gasteiger partial charge in [-0.25, -0.2) is 0 Å². The van der Waals surface area contributed by atoms with Crippen LogP contribution in [-0.2, 0) is 36.2 Å². The van der Waals surface area contributed by atoms with Crippen LogP contribution in [0.25, 0.3) is 0 Å². The average Bonchev–Trinajstić information content (AvgIpc) is 2.10. The van der Waals surface area contributed by atoms with E-state index in [1.54, 1.807) is 0 Å². The van der Waals surface area contributed by atoms with Crippen LogP contribution in [0.5, 0.6) is 0 Å². The maximum Gasteiger partial charge on any atom is 2.00 e. The summed E-state index contributed by atoms with van der Waals surface area (Å²) >= 11 is 0. The minimum atomic E-state index is -2.22. The first kappa shape index (κ1) is 21.6. The number of carbonyl (C=O) groups is 4. The van der Waals surface area contributed by atoms with Crippen LogP contribution in [0.2, 0.25) is 0 Å². The normalized spacial score (nSPS) is 11.3. The summed E-state index contributed by atoms with van der Waals surface area (Å²) in [7, 11) is 0. The molecule has 0 saturated heterocycles. The standard InChI is InChI=1S/C10H16N2O8.Fe/c11-9(1-5(13)14,2-6(15)16)10(12,3-7(17)18)4-8(19)20;/h1-4,11-12H2,(H,13,14)(H,15,16)(H,17,18)(H,19,20);/q;+2. The van der Waals surface area contributed by atoms with Crippen LogP contribution in [0.3, 0.4) is 0 Å². The SMILES string of the molecule is NC(CC(=O)O)(CC(=O)O)C(N)(CC(=O)O)CC(=O)O.[Fe+2]. The van der Waals surface area contributed by atoms with Gasteiger partial charge in [-0.15, -0.1) is 0 Å². The van der Waals surface area contributed by atoms with E-state index in [9.17, 15) is 19.2 Å². The summed E-state index contributed by atoms with van der Waals surface area (Å²) in [6.45, 7) is 0. The summed E-state index contributed by atoms with van der Waals surface area (Å²) in [6.07, 6.45) is -3.90.